The van der Waals surface area contributed by atoms with Crippen molar-refractivity contribution in [2.75, 3.05) is 6.26 Å². The minimum absolute atomic E-state index is 0.0214. The second-order valence-electron chi connectivity index (χ2n) is 12.2. The highest BCUT2D eigenvalue weighted by atomic mass is 32.2. The van der Waals surface area contributed by atoms with Gasteiger partial charge in [-0.3, -0.25) is 13.8 Å². The number of esters is 2. The van der Waals surface area contributed by atoms with Gasteiger partial charge in [0.15, 0.2) is 0 Å². The normalized spacial score (nSPS) is 33.7. The Balaban J connectivity index is 2.10. The zero-order valence-corrected chi connectivity index (χ0v) is 27.0. The SMILES string of the molecule is CCC(OS(C)(=O)=O)C(C)C1OC1CC(C)C=CC=C(C)C1OC(=O)CC(O)CCC(C)(O)C(OC(C)=O)C=CC1C. The molecule has 0 radical (unpaired) electrons. The average molecular weight is 615 g/mol. The number of allylic oxidation sites excluding steroid dienone is 3. The summed E-state index contributed by atoms with van der Waals surface area (Å²) >= 11 is 0. The van der Waals surface area contributed by atoms with Crippen LogP contribution in [0.25, 0.3) is 0 Å². The minimum atomic E-state index is -3.54. The molecule has 0 saturated carbocycles. The third-order valence-corrected chi connectivity index (χ3v) is 8.49. The maximum absolute atomic E-state index is 12.6. The van der Waals surface area contributed by atoms with E-state index >= 15 is 0 Å². The van der Waals surface area contributed by atoms with Crippen LogP contribution in [0.5, 0.6) is 0 Å². The van der Waals surface area contributed by atoms with Crippen LogP contribution in [0.2, 0.25) is 0 Å². The van der Waals surface area contributed by atoms with E-state index in [0.717, 1.165) is 18.2 Å². The molecular weight excluding hydrogens is 564 g/mol. The fourth-order valence-corrected chi connectivity index (χ4v) is 6.10. The lowest BCUT2D eigenvalue weighted by Crippen LogP contribution is -2.42. The van der Waals surface area contributed by atoms with Crippen molar-refractivity contribution in [1.82, 2.24) is 0 Å². The third kappa shape index (κ3) is 11.9. The van der Waals surface area contributed by atoms with E-state index < -0.39 is 52.1 Å². The summed E-state index contributed by atoms with van der Waals surface area (Å²) in [5, 5.41) is 21.3. The van der Waals surface area contributed by atoms with Crippen LogP contribution in [-0.4, -0.2) is 79.1 Å². The zero-order chi connectivity index (χ0) is 31.8. The molecule has 1 saturated heterocycles. The van der Waals surface area contributed by atoms with E-state index in [0.29, 0.717) is 6.42 Å². The first-order valence-electron chi connectivity index (χ1n) is 14.8. The van der Waals surface area contributed by atoms with Gasteiger partial charge in [0.1, 0.15) is 17.8 Å². The van der Waals surface area contributed by atoms with Gasteiger partial charge < -0.3 is 24.4 Å². The molecule has 240 valence electrons. The summed E-state index contributed by atoms with van der Waals surface area (Å²) in [6, 6.07) is 0. The summed E-state index contributed by atoms with van der Waals surface area (Å²) in [5.74, 6) is -1.27. The smallest absolute Gasteiger partial charge is 0.309 e. The second-order valence-corrected chi connectivity index (χ2v) is 13.8. The minimum Gasteiger partial charge on any atom is -0.457 e. The molecule has 2 rings (SSSR count). The van der Waals surface area contributed by atoms with Gasteiger partial charge >= 0.3 is 11.9 Å². The third-order valence-electron chi connectivity index (χ3n) is 7.90. The van der Waals surface area contributed by atoms with Crippen LogP contribution in [-0.2, 0) is 38.1 Å². The van der Waals surface area contributed by atoms with E-state index in [1.165, 1.54) is 6.92 Å². The lowest BCUT2D eigenvalue weighted by atomic mass is 9.88. The fraction of sp³-hybridized carbons (Fsp3) is 0.742. The molecule has 0 aromatic rings. The molecule has 0 spiro atoms. The Morgan fingerprint density at radius 3 is 2.52 bits per heavy atom. The Hall–Kier alpha value is -2.05. The number of aliphatic hydroxyl groups is 2. The van der Waals surface area contributed by atoms with Crippen LogP contribution in [0.15, 0.2) is 36.0 Å². The molecule has 10 atom stereocenters. The molecule has 0 aromatic carbocycles. The van der Waals surface area contributed by atoms with Gasteiger partial charge in [0.05, 0.1) is 37.1 Å². The largest absolute Gasteiger partial charge is 0.457 e. The monoisotopic (exact) mass is 614 g/mol. The highest BCUT2D eigenvalue weighted by Crippen LogP contribution is 2.37. The highest BCUT2D eigenvalue weighted by Gasteiger charge is 2.46. The molecule has 0 aliphatic carbocycles. The quantitative estimate of drug-likeness (QED) is 0.115. The van der Waals surface area contributed by atoms with E-state index in [-0.39, 0.29) is 49.2 Å². The molecule has 10 unspecified atom stereocenters. The topological polar surface area (TPSA) is 149 Å². The molecule has 0 aromatic heterocycles. The lowest BCUT2D eigenvalue weighted by Gasteiger charge is -2.32. The summed E-state index contributed by atoms with van der Waals surface area (Å²) in [6.45, 7) is 12.4. The second kappa shape index (κ2) is 15.6. The Morgan fingerprint density at radius 1 is 1.26 bits per heavy atom. The van der Waals surface area contributed by atoms with Crippen LogP contribution in [0.3, 0.4) is 0 Å². The van der Waals surface area contributed by atoms with Gasteiger partial charge in [-0.15, -0.1) is 0 Å². The number of carbonyl (C=O) groups excluding carboxylic acids is 2. The van der Waals surface area contributed by atoms with Crippen LogP contribution >= 0.6 is 0 Å². The number of cyclic esters (lactones) is 1. The summed E-state index contributed by atoms with van der Waals surface area (Å²) in [5.41, 5.74) is -0.643. The summed E-state index contributed by atoms with van der Waals surface area (Å²) in [6.07, 6.45) is 8.62. The van der Waals surface area contributed by atoms with Crippen molar-refractivity contribution >= 4 is 22.1 Å². The lowest BCUT2D eigenvalue weighted by molar-refractivity contribution is -0.157. The molecule has 2 aliphatic rings. The van der Waals surface area contributed by atoms with Crippen molar-refractivity contribution in [3.8, 4) is 0 Å². The summed E-state index contributed by atoms with van der Waals surface area (Å²) < 4.78 is 45.4. The van der Waals surface area contributed by atoms with E-state index in [1.54, 1.807) is 19.1 Å². The number of carbonyl (C=O) groups is 2. The van der Waals surface area contributed by atoms with Gasteiger partial charge in [0.2, 0.25) is 0 Å². The van der Waals surface area contributed by atoms with Crippen LogP contribution in [0.1, 0.15) is 80.6 Å². The van der Waals surface area contributed by atoms with Gasteiger partial charge in [0, 0.05) is 18.8 Å². The molecule has 2 N–H and O–H groups in total. The molecule has 11 heteroatoms. The first-order chi connectivity index (χ1) is 19.4. The number of ether oxygens (including phenoxy) is 3. The fourth-order valence-electron chi connectivity index (χ4n) is 5.34. The van der Waals surface area contributed by atoms with Crippen molar-refractivity contribution in [2.45, 2.75) is 123 Å². The molecule has 1 fully saturated rings. The predicted molar refractivity (Wildman–Crippen MR) is 159 cm³/mol. The molecule has 42 heavy (non-hydrogen) atoms. The Labute approximate surface area is 251 Å². The first-order valence-corrected chi connectivity index (χ1v) is 16.6. The number of hydrogen-bond acceptors (Lipinski definition) is 10. The molecular formula is C31H50O10S. The number of rotatable bonds is 11. The predicted octanol–water partition coefficient (Wildman–Crippen LogP) is 4.01. The van der Waals surface area contributed by atoms with Crippen LogP contribution < -0.4 is 0 Å². The summed E-state index contributed by atoms with van der Waals surface area (Å²) in [4.78, 5) is 24.3. The van der Waals surface area contributed by atoms with Crippen molar-refractivity contribution in [3.05, 3.63) is 36.0 Å². The standard InChI is InChI=1S/C31H50O10S/c1-9-25(41-42(8,36)37)22(5)30-26(39-30)17-19(2)11-10-12-20(3)29-21(4)13-14-27(38-23(6)32)31(7,35)16-15-24(33)18-28(34)40-29/h10-14,19,21-22,24-27,29-30,33,35H,9,15-18H2,1-8H3. The maximum Gasteiger partial charge on any atom is 0.309 e. The summed E-state index contributed by atoms with van der Waals surface area (Å²) in [7, 11) is -3.54. The van der Waals surface area contributed by atoms with E-state index in [4.69, 9.17) is 18.4 Å². The molecule has 2 heterocycles. The maximum atomic E-state index is 12.6. The Morgan fingerprint density at radius 2 is 1.93 bits per heavy atom. The van der Waals surface area contributed by atoms with Crippen molar-refractivity contribution in [2.24, 2.45) is 17.8 Å². The van der Waals surface area contributed by atoms with E-state index in [9.17, 15) is 28.2 Å². The number of hydrogen-bond donors (Lipinski definition) is 2. The van der Waals surface area contributed by atoms with E-state index in [1.807, 2.05) is 45.9 Å². The molecule has 0 bridgehead atoms. The van der Waals surface area contributed by atoms with Crippen LogP contribution in [0.4, 0.5) is 0 Å². The van der Waals surface area contributed by atoms with Crippen LogP contribution in [0, 0.1) is 17.8 Å². The first kappa shape index (κ1) is 36.1. The molecule has 10 nitrogen and oxygen atoms in total. The Bertz CT molecular complexity index is 1110. The Kier molecular flexibility index (Phi) is 13.4. The number of epoxide rings is 1. The van der Waals surface area contributed by atoms with Gasteiger partial charge in [-0.05, 0) is 57.1 Å². The average Bonchev–Trinajstić information content (AvgIpc) is 3.63. The zero-order valence-electron chi connectivity index (χ0n) is 26.2. The van der Waals surface area contributed by atoms with Crippen molar-refractivity contribution in [1.29, 1.82) is 0 Å². The van der Waals surface area contributed by atoms with E-state index in [2.05, 4.69) is 6.92 Å². The van der Waals surface area contributed by atoms with Crippen molar-refractivity contribution < 1.29 is 46.6 Å². The van der Waals surface area contributed by atoms with Crippen molar-refractivity contribution in [3.63, 3.8) is 0 Å². The van der Waals surface area contributed by atoms with Gasteiger partial charge in [-0.25, -0.2) is 0 Å². The van der Waals surface area contributed by atoms with Gasteiger partial charge in [0.25, 0.3) is 10.1 Å². The highest BCUT2D eigenvalue weighted by molar-refractivity contribution is 7.86. The van der Waals surface area contributed by atoms with Gasteiger partial charge in [-0.2, -0.15) is 8.42 Å². The molecule has 0 amide bonds. The molecule has 2 aliphatic heterocycles. The number of aliphatic hydroxyl groups excluding tert-OH is 1. The van der Waals surface area contributed by atoms with Gasteiger partial charge in [-0.1, -0.05) is 52.0 Å².